The van der Waals surface area contributed by atoms with Gasteiger partial charge in [0.2, 0.25) is 5.89 Å². The SMILES string of the molecule is COc1ccc(C(=O)Nc2cc(-c3nc4ncccc4o3)ccn2)cc1OC. The molecule has 1 N–H and O–H groups in total. The number of aromatic nitrogens is 3. The Morgan fingerprint density at radius 2 is 1.86 bits per heavy atom. The molecule has 0 aliphatic heterocycles. The number of benzene rings is 1. The molecule has 3 aromatic heterocycles. The topological polar surface area (TPSA) is 99.4 Å². The molecule has 0 bridgehead atoms. The van der Waals surface area contributed by atoms with Crippen LogP contribution in [0.5, 0.6) is 11.5 Å². The lowest BCUT2D eigenvalue weighted by Gasteiger charge is -2.10. The summed E-state index contributed by atoms with van der Waals surface area (Å²) in [5.41, 5.74) is 2.20. The highest BCUT2D eigenvalue weighted by molar-refractivity contribution is 6.04. The van der Waals surface area contributed by atoms with Gasteiger partial charge in [0, 0.05) is 23.5 Å². The maximum absolute atomic E-state index is 12.6. The van der Waals surface area contributed by atoms with Gasteiger partial charge < -0.3 is 19.2 Å². The number of hydrogen-bond donors (Lipinski definition) is 1. The number of hydrogen-bond acceptors (Lipinski definition) is 7. The zero-order valence-corrected chi connectivity index (χ0v) is 15.2. The van der Waals surface area contributed by atoms with Crippen LogP contribution in [-0.2, 0) is 0 Å². The fraction of sp³-hybridized carbons (Fsp3) is 0.100. The molecule has 1 aromatic carbocycles. The second kappa shape index (κ2) is 7.36. The number of ether oxygens (including phenoxy) is 2. The van der Waals surface area contributed by atoms with Gasteiger partial charge in [0.15, 0.2) is 22.7 Å². The van der Waals surface area contributed by atoms with Crippen molar-refractivity contribution in [2.75, 3.05) is 19.5 Å². The summed E-state index contributed by atoms with van der Waals surface area (Å²) < 4.78 is 16.1. The summed E-state index contributed by atoms with van der Waals surface area (Å²) in [6, 6.07) is 11.9. The fourth-order valence-corrected chi connectivity index (χ4v) is 2.69. The van der Waals surface area contributed by atoms with Crippen molar-refractivity contribution in [1.82, 2.24) is 15.0 Å². The van der Waals surface area contributed by atoms with Gasteiger partial charge in [-0.2, -0.15) is 4.98 Å². The average Bonchev–Trinajstić information content (AvgIpc) is 3.17. The maximum Gasteiger partial charge on any atom is 0.256 e. The van der Waals surface area contributed by atoms with Gasteiger partial charge >= 0.3 is 0 Å². The van der Waals surface area contributed by atoms with Crippen LogP contribution < -0.4 is 14.8 Å². The Kier molecular flexibility index (Phi) is 4.59. The van der Waals surface area contributed by atoms with Crippen molar-refractivity contribution in [2.45, 2.75) is 0 Å². The molecule has 0 spiro atoms. The molecule has 0 saturated heterocycles. The molecule has 4 rings (SSSR count). The van der Waals surface area contributed by atoms with Crippen molar-refractivity contribution in [2.24, 2.45) is 0 Å². The van der Waals surface area contributed by atoms with Gasteiger partial charge in [-0.1, -0.05) is 0 Å². The minimum atomic E-state index is -0.329. The molecule has 3 heterocycles. The first-order chi connectivity index (χ1) is 13.7. The van der Waals surface area contributed by atoms with Crippen LogP contribution >= 0.6 is 0 Å². The van der Waals surface area contributed by atoms with Crippen LogP contribution in [0.4, 0.5) is 5.82 Å². The van der Waals surface area contributed by atoms with Gasteiger partial charge in [-0.05, 0) is 42.5 Å². The predicted octanol–water partition coefficient (Wildman–Crippen LogP) is 3.55. The van der Waals surface area contributed by atoms with E-state index in [0.29, 0.717) is 45.6 Å². The van der Waals surface area contributed by atoms with E-state index in [-0.39, 0.29) is 5.91 Å². The summed E-state index contributed by atoms with van der Waals surface area (Å²) in [5, 5.41) is 2.76. The van der Waals surface area contributed by atoms with Crippen LogP contribution in [-0.4, -0.2) is 35.1 Å². The average molecular weight is 376 g/mol. The monoisotopic (exact) mass is 376 g/mol. The zero-order chi connectivity index (χ0) is 19.5. The molecular formula is C20H16N4O4. The highest BCUT2D eigenvalue weighted by Gasteiger charge is 2.13. The van der Waals surface area contributed by atoms with E-state index in [0.717, 1.165) is 0 Å². The van der Waals surface area contributed by atoms with Gasteiger partial charge in [0.05, 0.1) is 14.2 Å². The van der Waals surface area contributed by atoms with Gasteiger partial charge in [-0.15, -0.1) is 0 Å². The Morgan fingerprint density at radius 3 is 2.64 bits per heavy atom. The molecule has 0 atom stereocenters. The molecule has 4 aromatic rings. The van der Waals surface area contributed by atoms with Gasteiger partial charge in [0.25, 0.3) is 5.91 Å². The Balaban J connectivity index is 1.59. The van der Waals surface area contributed by atoms with Crippen LogP contribution in [0, 0.1) is 0 Å². The number of nitrogens with zero attached hydrogens (tertiary/aromatic N) is 3. The lowest BCUT2D eigenvalue weighted by molar-refractivity contribution is 0.102. The highest BCUT2D eigenvalue weighted by atomic mass is 16.5. The normalized spacial score (nSPS) is 10.6. The quantitative estimate of drug-likeness (QED) is 0.568. The Hall–Kier alpha value is -3.94. The molecule has 0 unspecified atom stereocenters. The van der Waals surface area contributed by atoms with E-state index in [1.807, 2.05) is 0 Å². The van der Waals surface area contributed by atoms with E-state index in [4.69, 9.17) is 13.9 Å². The number of rotatable bonds is 5. The predicted molar refractivity (Wildman–Crippen MR) is 103 cm³/mol. The molecule has 1 amide bonds. The Morgan fingerprint density at radius 1 is 1.00 bits per heavy atom. The number of fused-ring (bicyclic) bond motifs is 1. The van der Waals surface area contributed by atoms with E-state index >= 15 is 0 Å². The van der Waals surface area contributed by atoms with E-state index in [1.54, 1.807) is 54.9 Å². The summed E-state index contributed by atoms with van der Waals surface area (Å²) in [6.07, 6.45) is 3.22. The van der Waals surface area contributed by atoms with Crippen LogP contribution in [0.2, 0.25) is 0 Å². The zero-order valence-electron chi connectivity index (χ0n) is 15.2. The molecule has 0 aliphatic rings. The summed E-state index contributed by atoms with van der Waals surface area (Å²) in [7, 11) is 3.05. The molecule has 140 valence electrons. The Labute approximate surface area is 160 Å². The standard InChI is InChI=1S/C20H16N4O4/c1-26-14-6-5-12(10-16(14)27-2)19(25)23-17-11-13(7-9-21-17)20-24-18-15(28-20)4-3-8-22-18/h3-11H,1-2H3,(H,21,23,25). The number of carbonyl (C=O) groups excluding carboxylic acids is 1. The second-order valence-electron chi connectivity index (χ2n) is 5.80. The van der Waals surface area contributed by atoms with E-state index < -0.39 is 0 Å². The second-order valence-corrected chi connectivity index (χ2v) is 5.80. The summed E-state index contributed by atoms with van der Waals surface area (Å²) in [5.74, 6) is 1.45. The molecule has 0 fully saturated rings. The van der Waals surface area contributed by atoms with Crippen molar-refractivity contribution in [1.29, 1.82) is 0 Å². The first-order valence-electron chi connectivity index (χ1n) is 8.39. The van der Waals surface area contributed by atoms with E-state index in [2.05, 4.69) is 20.3 Å². The van der Waals surface area contributed by atoms with Gasteiger partial charge in [-0.25, -0.2) is 9.97 Å². The molecule has 0 radical (unpaired) electrons. The molecular weight excluding hydrogens is 360 g/mol. The van der Waals surface area contributed by atoms with Crippen molar-refractivity contribution in [3.8, 4) is 23.0 Å². The first-order valence-corrected chi connectivity index (χ1v) is 8.39. The van der Waals surface area contributed by atoms with Crippen LogP contribution in [0.15, 0.2) is 59.3 Å². The molecule has 8 heteroatoms. The number of amides is 1. The van der Waals surface area contributed by atoms with Gasteiger partial charge in [-0.3, -0.25) is 4.79 Å². The number of nitrogens with one attached hydrogen (secondary N) is 1. The Bertz CT molecular complexity index is 1120. The van der Waals surface area contributed by atoms with Gasteiger partial charge in [0.1, 0.15) is 5.82 Å². The van der Waals surface area contributed by atoms with Crippen LogP contribution in [0.3, 0.4) is 0 Å². The van der Waals surface area contributed by atoms with Crippen molar-refractivity contribution < 1.29 is 18.7 Å². The third kappa shape index (κ3) is 3.35. The number of methoxy groups -OCH3 is 2. The molecule has 0 saturated carbocycles. The van der Waals surface area contributed by atoms with Crippen molar-refractivity contribution in [3.05, 3.63) is 60.4 Å². The van der Waals surface area contributed by atoms with Crippen molar-refractivity contribution in [3.63, 3.8) is 0 Å². The smallest absolute Gasteiger partial charge is 0.256 e. The van der Waals surface area contributed by atoms with Crippen LogP contribution in [0.1, 0.15) is 10.4 Å². The molecule has 28 heavy (non-hydrogen) atoms. The van der Waals surface area contributed by atoms with E-state index in [1.165, 1.54) is 14.2 Å². The third-order valence-corrected chi connectivity index (χ3v) is 4.06. The number of oxazole rings is 1. The largest absolute Gasteiger partial charge is 0.493 e. The lowest BCUT2D eigenvalue weighted by atomic mass is 10.2. The lowest BCUT2D eigenvalue weighted by Crippen LogP contribution is -2.13. The molecule has 8 nitrogen and oxygen atoms in total. The van der Waals surface area contributed by atoms with E-state index in [9.17, 15) is 4.79 Å². The number of anilines is 1. The number of carbonyl (C=O) groups is 1. The van der Waals surface area contributed by atoms with Crippen molar-refractivity contribution >= 4 is 23.0 Å². The summed E-state index contributed by atoms with van der Waals surface area (Å²) in [6.45, 7) is 0. The highest BCUT2D eigenvalue weighted by Crippen LogP contribution is 2.28. The first kappa shape index (κ1) is 17.5. The third-order valence-electron chi connectivity index (χ3n) is 4.06. The summed E-state index contributed by atoms with van der Waals surface area (Å²) in [4.78, 5) is 25.3. The summed E-state index contributed by atoms with van der Waals surface area (Å²) >= 11 is 0. The fourth-order valence-electron chi connectivity index (χ4n) is 2.69. The van der Waals surface area contributed by atoms with Crippen LogP contribution in [0.25, 0.3) is 22.7 Å². The minimum Gasteiger partial charge on any atom is -0.493 e. The maximum atomic E-state index is 12.6. The minimum absolute atomic E-state index is 0.329. The number of pyridine rings is 2. The molecule has 0 aliphatic carbocycles.